The van der Waals surface area contributed by atoms with E-state index in [9.17, 15) is 10.2 Å². The molecule has 0 aliphatic carbocycles. The van der Waals surface area contributed by atoms with Gasteiger partial charge in [-0.3, -0.25) is 0 Å². The van der Waals surface area contributed by atoms with E-state index >= 15 is 0 Å². The first-order chi connectivity index (χ1) is 13.9. The highest BCUT2D eigenvalue weighted by molar-refractivity contribution is 5.50. The quantitative estimate of drug-likeness (QED) is 0.478. The maximum Gasteiger partial charge on any atom is 0.131 e. The third kappa shape index (κ3) is 5.07. The second-order valence-electron chi connectivity index (χ2n) is 9.54. The van der Waals surface area contributed by atoms with Crippen molar-refractivity contribution in [2.45, 2.75) is 52.4 Å². The van der Waals surface area contributed by atoms with Crippen LogP contribution in [0, 0.1) is 0 Å². The minimum absolute atomic E-state index is 0.173. The Morgan fingerprint density at radius 1 is 0.533 bits per heavy atom. The van der Waals surface area contributed by atoms with Gasteiger partial charge >= 0.3 is 0 Å². The van der Waals surface area contributed by atoms with E-state index in [0.717, 1.165) is 16.9 Å². The number of ether oxygens (including phenoxy) is 2. The molecule has 3 aromatic rings. The molecule has 4 heteroatoms. The van der Waals surface area contributed by atoms with Gasteiger partial charge in [-0.05, 0) is 71.5 Å². The maximum atomic E-state index is 9.92. The first kappa shape index (κ1) is 21.6. The van der Waals surface area contributed by atoms with Crippen molar-refractivity contribution in [2.24, 2.45) is 0 Å². The minimum atomic E-state index is -0.178. The summed E-state index contributed by atoms with van der Waals surface area (Å²) in [6.07, 6.45) is 0. The number of phenolic OH excluding ortho intramolecular Hbond substituents is 2. The topological polar surface area (TPSA) is 58.9 Å². The Kier molecular flexibility index (Phi) is 5.71. The Morgan fingerprint density at radius 3 is 1.53 bits per heavy atom. The average Bonchev–Trinajstić information content (AvgIpc) is 2.64. The largest absolute Gasteiger partial charge is 0.508 e. The summed E-state index contributed by atoms with van der Waals surface area (Å²) in [6.45, 7) is 12.6. The molecule has 0 aliphatic rings. The molecule has 0 spiro atoms. The smallest absolute Gasteiger partial charge is 0.131 e. The molecule has 0 aromatic heterocycles. The molecule has 0 heterocycles. The molecule has 0 radical (unpaired) electrons. The average molecular weight is 407 g/mol. The van der Waals surface area contributed by atoms with Gasteiger partial charge in [-0.2, -0.15) is 0 Å². The zero-order valence-electron chi connectivity index (χ0n) is 18.5. The summed E-state index contributed by atoms with van der Waals surface area (Å²) in [5.74, 6) is 3.23. The van der Waals surface area contributed by atoms with Crippen molar-refractivity contribution in [2.75, 3.05) is 0 Å². The van der Waals surface area contributed by atoms with Crippen molar-refractivity contribution in [3.05, 3.63) is 71.8 Å². The number of benzene rings is 3. The van der Waals surface area contributed by atoms with Gasteiger partial charge in [0.25, 0.3) is 0 Å². The van der Waals surface area contributed by atoms with E-state index in [1.807, 2.05) is 18.2 Å². The SMILES string of the molecule is CC(C)(C)c1cc(O)ccc1Oc1ccc(Oc2ccc(O)cc2)c(C(C)(C)C)c1. The number of hydrogen-bond donors (Lipinski definition) is 2. The molecule has 4 nitrogen and oxygen atoms in total. The second kappa shape index (κ2) is 7.94. The van der Waals surface area contributed by atoms with Gasteiger partial charge in [0.15, 0.2) is 0 Å². The highest BCUT2D eigenvalue weighted by Gasteiger charge is 2.23. The third-order valence-corrected chi connectivity index (χ3v) is 4.82. The lowest BCUT2D eigenvalue weighted by Gasteiger charge is -2.25. The van der Waals surface area contributed by atoms with Gasteiger partial charge in [0.2, 0.25) is 0 Å². The van der Waals surface area contributed by atoms with Gasteiger partial charge in [-0.1, -0.05) is 41.5 Å². The Hall–Kier alpha value is -3.14. The lowest BCUT2D eigenvalue weighted by atomic mass is 9.85. The fourth-order valence-electron chi connectivity index (χ4n) is 3.21. The van der Waals surface area contributed by atoms with Gasteiger partial charge in [0, 0.05) is 11.1 Å². The lowest BCUT2D eigenvalue weighted by Crippen LogP contribution is -2.14. The second-order valence-corrected chi connectivity index (χ2v) is 9.54. The van der Waals surface area contributed by atoms with Gasteiger partial charge in [-0.15, -0.1) is 0 Å². The van der Waals surface area contributed by atoms with Crippen LogP contribution in [-0.4, -0.2) is 10.2 Å². The summed E-state index contributed by atoms with van der Waals surface area (Å²) in [5.41, 5.74) is 1.59. The standard InChI is InChI=1S/C26H30O4/c1-25(2,3)21-15-18(28)9-13-23(21)30-20-12-14-24(22(16-20)26(4,5)6)29-19-10-7-17(27)8-11-19/h7-16,27-28H,1-6H3. The monoisotopic (exact) mass is 406 g/mol. The van der Waals surface area contributed by atoms with Gasteiger partial charge < -0.3 is 19.7 Å². The molecule has 0 saturated heterocycles. The maximum absolute atomic E-state index is 9.92. The van der Waals surface area contributed by atoms with Crippen molar-refractivity contribution in [1.29, 1.82) is 0 Å². The molecule has 0 aliphatic heterocycles. The summed E-state index contributed by atoms with van der Waals surface area (Å²) in [6, 6.07) is 17.6. The van der Waals surface area contributed by atoms with E-state index in [2.05, 4.69) is 41.5 Å². The van der Waals surface area contributed by atoms with E-state index in [-0.39, 0.29) is 22.3 Å². The van der Waals surface area contributed by atoms with Crippen molar-refractivity contribution in [1.82, 2.24) is 0 Å². The summed E-state index contributed by atoms with van der Waals surface area (Å²) < 4.78 is 12.3. The minimum Gasteiger partial charge on any atom is -0.508 e. The normalized spacial score (nSPS) is 11.9. The Labute approximate surface area is 178 Å². The molecular formula is C26H30O4. The molecule has 3 rings (SSSR count). The van der Waals surface area contributed by atoms with Crippen LogP contribution in [0.25, 0.3) is 0 Å². The van der Waals surface area contributed by atoms with E-state index in [1.165, 1.54) is 0 Å². The summed E-state index contributed by atoms with van der Waals surface area (Å²) in [7, 11) is 0. The molecule has 2 N–H and O–H groups in total. The van der Waals surface area contributed by atoms with E-state index in [1.54, 1.807) is 42.5 Å². The van der Waals surface area contributed by atoms with Crippen LogP contribution in [0.2, 0.25) is 0 Å². The molecule has 0 bridgehead atoms. The van der Waals surface area contributed by atoms with Gasteiger partial charge in [-0.25, -0.2) is 0 Å². The predicted molar refractivity (Wildman–Crippen MR) is 120 cm³/mol. The van der Waals surface area contributed by atoms with Crippen molar-refractivity contribution in [3.63, 3.8) is 0 Å². The summed E-state index contributed by atoms with van der Waals surface area (Å²) in [5, 5.41) is 19.4. The number of phenols is 2. The zero-order valence-corrected chi connectivity index (χ0v) is 18.5. The van der Waals surface area contributed by atoms with Crippen LogP contribution in [0.4, 0.5) is 0 Å². The number of hydrogen-bond acceptors (Lipinski definition) is 4. The summed E-state index contributed by atoms with van der Waals surface area (Å²) >= 11 is 0. The molecular weight excluding hydrogens is 376 g/mol. The molecule has 0 atom stereocenters. The predicted octanol–water partition coefficient (Wildman–Crippen LogP) is 7.28. The molecule has 0 saturated carbocycles. The van der Waals surface area contributed by atoms with Gasteiger partial charge in [0.1, 0.15) is 34.5 Å². The summed E-state index contributed by atoms with van der Waals surface area (Å²) in [4.78, 5) is 0. The van der Waals surface area contributed by atoms with Crippen LogP contribution in [0.3, 0.4) is 0 Å². The first-order valence-corrected chi connectivity index (χ1v) is 10.1. The molecule has 30 heavy (non-hydrogen) atoms. The fraction of sp³-hybridized carbons (Fsp3) is 0.308. The Balaban J connectivity index is 1.97. The van der Waals surface area contributed by atoms with Crippen LogP contribution in [0.5, 0.6) is 34.5 Å². The van der Waals surface area contributed by atoms with E-state index in [4.69, 9.17) is 9.47 Å². The Morgan fingerprint density at radius 2 is 0.967 bits per heavy atom. The Bertz CT molecular complexity index is 1020. The van der Waals surface area contributed by atoms with Crippen LogP contribution in [0.1, 0.15) is 52.7 Å². The fourth-order valence-corrected chi connectivity index (χ4v) is 3.21. The number of rotatable bonds is 4. The van der Waals surface area contributed by atoms with E-state index in [0.29, 0.717) is 17.2 Å². The lowest BCUT2D eigenvalue weighted by molar-refractivity contribution is 0.431. The highest BCUT2D eigenvalue weighted by Crippen LogP contribution is 2.40. The number of aromatic hydroxyl groups is 2. The first-order valence-electron chi connectivity index (χ1n) is 10.1. The van der Waals surface area contributed by atoms with Gasteiger partial charge in [0.05, 0.1) is 0 Å². The van der Waals surface area contributed by atoms with Crippen LogP contribution in [-0.2, 0) is 10.8 Å². The van der Waals surface area contributed by atoms with Crippen molar-refractivity contribution >= 4 is 0 Å². The van der Waals surface area contributed by atoms with Crippen molar-refractivity contribution in [3.8, 4) is 34.5 Å². The van der Waals surface area contributed by atoms with Crippen LogP contribution in [0.15, 0.2) is 60.7 Å². The third-order valence-electron chi connectivity index (χ3n) is 4.82. The van der Waals surface area contributed by atoms with Crippen LogP contribution >= 0.6 is 0 Å². The molecule has 0 amide bonds. The molecule has 0 fully saturated rings. The zero-order chi connectivity index (χ0) is 22.1. The molecule has 3 aromatic carbocycles. The molecule has 0 unspecified atom stereocenters. The van der Waals surface area contributed by atoms with Crippen LogP contribution < -0.4 is 9.47 Å². The van der Waals surface area contributed by atoms with Crippen molar-refractivity contribution < 1.29 is 19.7 Å². The van der Waals surface area contributed by atoms with E-state index < -0.39 is 0 Å². The molecule has 158 valence electrons. The highest BCUT2D eigenvalue weighted by atomic mass is 16.5.